The number of piperazine rings is 1. The van der Waals surface area contributed by atoms with E-state index in [-0.39, 0.29) is 23.5 Å². The van der Waals surface area contributed by atoms with Gasteiger partial charge in [-0.15, -0.1) is 0 Å². The van der Waals surface area contributed by atoms with Crippen molar-refractivity contribution in [1.82, 2.24) is 25.5 Å². The van der Waals surface area contributed by atoms with Crippen molar-refractivity contribution in [2.75, 3.05) is 24.5 Å². The molecule has 1 saturated heterocycles. The van der Waals surface area contributed by atoms with E-state index in [0.29, 0.717) is 36.4 Å². The molecule has 4 rings (SSSR count). The molecule has 3 aromatic rings. The number of anilines is 1. The Morgan fingerprint density at radius 3 is 2.74 bits per heavy atom. The van der Waals surface area contributed by atoms with Gasteiger partial charge in [-0.25, -0.2) is 9.97 Å². The summed E-state index contributed by atoms with van der Waals surface area (Å²) in [6, 6.07) is 5.20. The number of nitrogens with one attached hydrogen (secondary N) is 2. The van der Waals surface area contributed by atoms with Crippen LogP contribution in [0.5, 0.6) is 0 Å². The summed E-state index contributed by atoms with van der Waals surface area (Å²) in [6.45, 7) is 6.90. The Morgan fingerprint density at radius 2 is 2.03 bits per heavy atom. The Labute approximate surface area is 177 Å². The monoisotopic (exact) mass is 434 g/mol. The molecule has 7 nitrogen and oxygen atoms in total. The van der Waals surface area contributed by atoms with E-state index in [4.69, 9.17) is 0 Å². The predicted molar refractivity (Wildman–Crippen MR) is 112 cm³/mol. The van der Waals surface area contributed by atoms with Crippen LogP contribution >= 0.6 is 0 Å². The highest BCUT2D eigenvalue weighted by atomic mass is 19.4. The van der Waals surface area contributed by atoms with E-state index in [1.165, 1.54) is 0 Å². The van der Waals surface area contributed by atoms with Gasteiger partial charge in [0.2, 0.25) is 0 Å². The quantitative estimate of drug-likeness (QED) is 0.584. The number of aliphatic hydroxyl groups is 1. The molecule has 166 valence electrons. The minimum absolute atomic E-state index is 0.0297. The number of pyridine rings is 2. The lowest BCUT2D eigenvalue weighted by molar-refractivity contribution is -0.137. The normalized spacial score (nSPS) is 19.7. The van der Waals surface area contributed by atoms with Crippen molar-refractivity contribution in [1.29, 1.82) is 0 Å². The molecule has 31 heavy (non-hydrogen) atoms. The van der Waals surface area contributed by atoms with E-state index in [1.807, 2.05) is 13.8 Å². The molecule has 4 heterocycles. The van der Waals surface area contributed by atoms with Crippen molar-refractivity contribution in [2.45, 2.75) is 38.6 Å². The molecular weight excluding hydrogens is 409 g/mol. The number of rotatable bonds is 4. The average Bonchev–Trinajstić information content (AvgIpc) is 3.17. The first kappa shape index (κ1) is 21.5. The van der Waals surface area contributed by atoms with Gasteiger partial charge in [0.25, 0.3) is 0 Å². The van der Waals surface area contributed by atoms with Gasteiger partial charge in [0.05, 0.1) is 22.9 Å². The molecule has 3 aromatic heterocycles. The second-order valence-corrected chi connectivity index (χ2v) is 8.40. The Morgan fingerprint density at radius 1 is 1.26 bits per heavy atom. The highest BCUT2D eigenvalue weighted by Gasteiger charge is 2.39. The topological polar surface area (TPSA) is 90.0 Å². The number of nitrogens with zero attached hydrogens (tertiary/aromatic N) is 4. The molecule has 1 aliphatic rings. The maximum Gasteiger partial charge on any atom is 0.416 e. The number of hydrogen-bond acceptors (Lipinski definition) is 6. The molecule has 0 aromatic carbocycles. The van der Waals surface area contributed by atoms with E-state index in [1.54, 1.807) is 30.2 Å². The van der Waals surface area contributed by atoms with Crippen LogP contribution in [-0.4, -0.2) is 56.5 Å². The van der Waals surface area contributed by atoms with Crippen LogP contribution < -0.4 is 10.2 Å². The summed E-state index contributed by atoms with van der Waals surface area (Å²) in [5.74, 6) is 0.175. The molecule has 2 unspecified atom stereocenters. The van der Waals surface area contributed by atoms with Crippen molar-refractivity contribution >= 4 is 16.9 Å². The maximum atomic E-state index is 13.7. The zero-order valence-corrected chi connectivity index (χ0v) is 17.5. The SMILES string of the molecule is CC(C)C(C)(O)C1CN(c2cc(C(F)(F)F)cc(-c3n[nH]c4ncccc34)n2)CCN1. The van der Waals surface area contributed by atoms with Crippen LogP contribution in [0.4, 0.5) is 19.0 Å². The molecule has 1 fully saturated rings. The van der Waals surface area contributed by atoms with Gasteiger partial charge in [-0.1, -0.05) is 13.8 Å². The van der Waals surface area contributed by atoms with Crippen molar-refractivity contribution in [3.8, 4) is 11.4 Å². The number of aromatic nitrogens is 4. The van der Waals surface area contributed by atoms with Crippen LogP contribution in [0.15, 0.2) is 30.5 Å². The zero-order valence-electron chi connectivity index (χ0n) is 17.5. The van der Waals surface area contributed by atoms with Crippen molar-refractivity contribution in [3.05, 3.63) is 36.0 Å². The number of halogens is 3. The lowest BCUT2D eigenvalue weighted by atomic mass is 9.84. The molecule has 0 aliphatic carbocycles. The highest BCUT2D eigenvalue weighted by Crippen LogP contribution is 2.35. The summed E-state index contributed by atoms with van der Waals surface area (Å²) in [7, 11) is 0. The fraction of sp³-hybridized carbons (Fsp3) is 0.476. The van der Waals surface area contributed by atoms with Gasteiger partial charge in [0.1, 0.15) is 11.5 Å². The predicted octanol–water partition coefficient (Wildman–Crippen LogP) is 3.22. The number of H-pyrrole nitrogens is 1. The molecule has 0 saturated carbocycles. The van der Waals surface area contributed by atoms with Crippen LogP contribution in [0.2, 0.25) is 0 Å². The minimum atomic E-state index is -4.53. The first-order chi connectivity index (χ1) is 14.6. The molecule has 0 amide bonds. The van der Waals surface area contributed by atoms with Crippen molar-refractivity contribution < 1.29 is 18.3 Å². The Kier molecular flexibility index (Phi) is 5.38. The molecule has 10 heteroatoms. The molecule has 3 N–H and O–H groups in total. The summed E-state index contributed by atoms with van der Waals surface area (Å²) in [5.41, 5.74) is -0.898. The molecular formula is C21H25F3N6O. The molecule has 0 bridgehead atoms. The lowest BCUT2D eigenvalue weighted by Gasteiger charge is -2.43. The van der Waals surface area contributed by atoms with Crippen molar-refractivity contribution in [3.63, 3.8) is 0 Å². The van der Waals surface area contributed by atoms with Crippen LogP contribution in [-0.2, 0) is 6.18 Å². The third-order valence-corrected chi connectivity index (χ3v) is 6.09. The van der Waals surface area contributed by atoms with E-state index in [9.17, 15) is 18.3 Å². The first-order valence-corrected chi connectivity index (χ1v) is 10.2. The van der Waals surface area contributed by atoms with Gasteiger partial charge in [-0.05, 0) is 37.1 Å². The standard InChI is InChI=1S/C21H25F3N6O/c1-12(2)20(3,31)16-11-30(8-7-25-16)17-10-13(21(22,23)24)9-15(27-17)18-14-5-4-6-26-19(14)29-28-18/h4-6,9-10,12,16,25,31H,7-8,11H2,1-3H3,(H,26,28,29). The maximum absolute atomic E-state index is 13.7. The largest absolute Gasteiger partial charge is 0.416 e. The molecule has 1 aliphatic heterocycles. The molecule has 0 radical (unpaired) electrons. The Bertz CT molecular complexity index is 1080. The highest BCUT2D eigenvalue weighted by molar-refractivity contribution is 5.89. The molecule has 0 spiro atoms. The van der Waals surface area contributed by atoms with Gasteiger partial charge < -0.3 is 15.3 Å². The Balaban J connectivity index is 1.77. The van der Waals surface area contributed by atoms with E-state index < -0.39 is 17.3 Å². The second kappa shape index (κ2) is 7.76. The fourth-order valence-electron chi connectivity index (χ4n) is 3.76. The van der Waals surface area contributed by atoms with Crippen LogP contribution in [0, 0.1) is 5.92 Å². The summed E-state index contributed by atoms with van der Waals surface area (Å²) in [5, 5.41) is 21.7. The summed E-state index contributed by atoms with van der Waals surface area (Å²) < 4.78 is 41.1. The second-order valence-electron chi connectivity index (χ2n) is 8.40. The summed E-state index contributed by atoms with van der Waals surface area (Å²) in [6.07, 6.45) is -2.95. The van der Waals surface area contributed by atoms with Gasteiger partial charge in [0.15, 0.2) is 5.65 Å². The van der Waals surface area contributed by atoms with Gasteiger partial charge in [-0.2, -0.15) is 18.3 Å². The zero-order chi connectivity index (χ0) is 22.4. The number of aromatic amines is 1. The third kappa shape index (κ3) is 4.09. The van der Waals surface area contributed by atoms with Gasteiger partial charge >= 0.3 is 6.18 Å². The Hall–Kier alpha value is -2.72. The van der Waals surface area contributed by atoms with Crippen molar-refractivity contribution in [2.24, 2.45) is 5.92 Å². The van der Waals surface area contributed by atoms with Gasteiger partial charge in [-0.3, -0.25) is 5.10 Å². The average molecular weight is 434 g/mol. The summed E-state index contributed by atoms with van der Waals surface area (Å²) >= 11 is 0. The third-order valence-electron chi connectivity index (χ3n) is 6.09. The van der Waals surface area contributed by atoms with E-state index >= 15 is 0 Å². The molecule has 2 atom stereocenters. The smallest absolute Gasteiger partial charge is 0.388 e. The number of hydrogen-bond donors (Lipinski definition) is 3. The number of alkyl halides is 3. The minimum Gasteiger partial charge on any atom is -0.388 e. The number of fused-ring (bicyclic) bond motifs is 1. The fourth-order valence-corrected chi connectivity index (χ4v) is 3.76. The van der Waals surface area contributed by atoms with Gasteiger partial charge in [0, 0.05) is 31.2 Å². The van der Waals surface area contributed by atoms with E-state index in [0.717, 1.165) is 12.1 Å². The lowest BCUT2D eigenvalue weighted by Crippen LogP contribution is -2.62. The summed E-state index contributed by atoms with van der Waals surface area (Å²) in [4.78, 5) is 10.5. The van der Waals surface area contributed by atoms with E-state index in [2.05, 4.69) is 25.5 Å². The van der Waals surface area contributed by atoms with Crippen LogP contribution in [0.3, 0.4) is 0 Å². The first-order valence-electron chi connectivity index (χ1n) is 10.2. The van der Waals surface area contributed by atoms with Crippen LogP contribution in [0.25, 0.3) is 22.4 Å². The van der Waals surface area contributed by atoms with Crippen LogP contribution in [0.1, 0.15) is 26.3 Å².